The van der Waals surface area contributed by atoms with Crippen molar-refractivity contribution in [3.05, 3.63) is 72.1 Å². The Balaban J connectivity index is 0.00000200. The Morgan fingerprint density at radius 3 is 2.67 bits per heavy atom. The van der Waals surface area contributed by atoms with Crippen LogP contribution in [0.3, 0.4) is 0 Å². The Morgan fingerprint density at radius 2 is 1.97 bits per heavy atom. The number of thiazole rings is 1. The molecule has 0 unspecified atom stereocenters. The average molecular weight is 532 g/mol. The third kappa shape index (κ3) is 4.56. The number of amides is 1. The number of rotatable bonds is 6. The molecule has 1 saturated heterocycles. The summed E-state index contributed by atoms with van der Waals surface area (Å²) < 4.78 is 43.6. The van der Waals surface area contributed by atoms with E-state index in [-0.39, 0.29) is 25.5 Å². The second-order valence-electron chi connectivity index (χ2n) is 8.83. The number of fused-ring (bicyclic) bond motifs is 1. The summed E-state index contributed by atoms with van der Waals surface area (Å²) in [7, 11) is -3.71. The highest BCUT2D eigenvalue weighted by Crippen LogP contribution is 2.27. The quantitative estimate of drug-likeness (QED) is 0.385. The molecule has 2 atom stereocenters. The highest BCUT2D eigenvalue weighted by atomic mass is 32.2. The van der Waals surface area contributed by atoms with Crippen molar-refractivity contribution in [1.29, 1.82) is 0 Å². The van der Waals surface area contributed by atoms with Gasteiger partial charge in [0.2, 0.25) is 5.91 Å². The number of carbonyl (C=O) groups excluding carboxylic acids is 1. The first kappa shape index (κ1) is 24.3. The van der Waals surface area contributed by atoms with E-state index in [1.165, 1.54) is 17.4 Å². The molecule has 0 saturated carbocycles. The molecule has 0 spiro atoms. The topological polar surface area (TPSA) is 87.5 Å². The first-order valence-corrected chi connectivity index (χ1v) is 13.9. The van der Waals surface area contributed by atoms with Crippen molar-refractivity contribution in [2.75, 3.05) is 29.3 Å². The summed E-state index contributed by atoms with van der Waals surface area (Å²) in [5.41, 5.74) is 1.59. The number of hydrogen-bond acceptors (Lipinski definition) is 6. The van der Waals surface area contributed by atoms with Crippen LogP contribution in [0.15, 0.2) is 71.2 Å². The molecule has 11 heteroatoms. The van der Waals surface area contributed by atoms with E-state index in [4.69, 9.17) is 0 Å². The molecule has 4 aromatic rings. The summed E-state index contributed by atoms with van der Waals surface area (Å²) in [4.78, 5) is 21.5. The third-order valence-electron chi connectivity index (χ3n) is 6.56. The molecule has 2 aromatic heterocycles. The first-order chi connectivity index (χ1) is 17.2. The van der Waals surface area contributed by atoms with Crippen LogP contribution in [-0.4, -0.2) is 54.5 Å². The fraction of sp³-hybridized carbons (Fsp3) is 0.280. The summed E-state index contributed by atoms with van der Waals surface area (Å²) in [6, 6.07) is 12.8. The lowest BCUT2D eigenvalue weighted by Gasteiger charge is -2.42. The Kier molecular flexibility index (Phi) is 6.44. The molecular formula is C25H30FN5O3S2. The molecule has 1 aliphatic heterocycles. The van der Waals surface area contributed by atoms with Gasteiger partial charge >= 0.3 is 0 Å². The van der Waals surface area contributed by atoms with Crippen LogP contribution < -0.4 is 9.62 Å². The smallest absolute Gasteiger partial charge is 0.263 e. The van der Waals surface area contributed by atoms with Crippen molar-refractivity contribution in [2.45, 2.75) is 30.8 Å². The fourth-order valence-corrected chi connectivity index (χ4v) is 6.44. The second kappa shape index (κ2) is 9.55. The average Bonchev–Trinajstić information content (AvgIpc) is 3.53. The molecule has 0 radical (unpaired) electrons. The predicted octanol–water partition coefficient (Wildman–Crippen LogP) is 4.83. The molecule has 1 amide bonds. The number of benzene rings is 2. The number of hydrogen-bond donors (Lipinski definition) is 1. The van der Waals surface area contributed by atoms with Crippen molar-refractivity contribution in [2.24, 2.45) is 0 Å². The Hall–Kier alpha value is -3.44. The normalized spacial score (nSPS) is 17.4. The molecule has 0 aliphatic carbocycles. The van der Waals surface area contributed by atoms with Gasteiger partial charge in [0.15, 0.2) is 5.13 Å². The SMILES string of the molecule is C[C@@H]1CN(c2ccc(S(=O)(=O)Nc3nccs3)cc2)CCN1C(=O)[C@@H](C)n1ccc2c(F)cccc21.[HH].[HH]. The van der Waals surface area contributed by atoms with Gasteiger partial charge in [-0.1, -0.05) is 6.07 Å². The number of piperazine rings is 1. The summed E-state index contributed by atoms with van der Waals surface area (Å²) >= 11 is 1.22. The Labute approximate surface area is 216 Å². The van der Waals surface area contributed by atoms with E-state index in [0.717, 1.165) is 5.69 Å². The van der Waals surface area contributed by atoms with Gasteiger partial charge in [0, 0.05) is 57.4 Å². The van der Waals surface area contributed by atoms with E-state index in [9.17, 15) is 17.6 Å². The molecule has 36 heavy (non-hydrogen) atoms. The van der Waals surface area contributed by atoms with E-state index in [1.54, 1.807) is 54.2 Å². The number of carbonyl (C=O) groups is 1. The lowest BCUT2D eigenvalue weighted by atomic mass is 10.1. The number of sulfonamides is 1. The molecule has 3 heterocycles. The monoisotopic (exact) mass is 531 g/mol. The lowest BCUT2D eigenvalue weighted by Crippen LogP contribution is -2.55. The molecule has 5 rings (SSSR count). The van der Waals surface area contributed by atoms with E-state index >= 15 is 0 Å². The van der Waals surface area contributed by atoms with Crippen LogP contribution in [0.1, 0.15) is 22.7 Å². The molecule has 2 aromatic carbocycles. The Bertz CT molecular complexity index is 1500. The summed E-state index contributed by atoms with van der Waals surface area (Å²) in [5, 5.41) is 2.52. The summed E-state index contributed by atoms with van der Waals surface area (Å²) in [5.74, 6) is -0.315. The second-order valence-corrected chi connectivity index (χ2v) is 11.4. The van der Waals surface area contributed by atoms with Crippen molar-refractivity contribution >= 4 is 49.0 Å². The van der Waals surface area contributed by atoms with Crippen molar-refractivity contribution in [1.82, 2.24) is 14.5 Å². The Morgan fingerprint density at radius 1 is 1.19 bits per heavy atom. The van der Waals surface area contributed by atoms with Crippen LogP contribution in [0.4, 0.5) is 15.2 Å². The number of nitrogens with one attached hydrogen (secondary N) is 1. The highest BCUT2D eigenvalue weighted by molar-refractivity contribution is 7.93. The minimum Gasteiger partial charge on any atom is -0.368 e. The molecule has 1 N–H and O–H groups in total. The van der Waals surface area contributed by atoms with E-state index < -0.39 is 16.1 Å². The zero-order valence-corrected chi connectivity index (χ0v) is 21.5. The van der Waals surface area contributed by atoms with Crippen molar-refractivity contribution < 1.29 is 20.5 Å². The van der Waals surface area contributed by atoms with Crippen LogP contribution in [0.25, 0.3) is 10.9 Å². The highest BCUT2D eigenvalue weighted by Gasteiger charge is 2.31. The minimum absolute atomic E-state index is 0. The van der Waals surface area contributed by atoms with E-state index in [1.807, 2.05) is 29.4 Å². The maximum atomic E-state index is 14.1. The maximum absolute atomic E-state index is 14.1. The number of nitrogens with zero attached hydrogens (tertiary/aromatic N) is 4. The first-order valence-electron chi connectivity index (χ1n) is 11.6. The van der Waals surface area contributed by atoms with Crippen molar-refractivity contribution in [3.63, 3.8) is 0 Å². The zero-order chi connectivity index (χ0) is 25.4. The fourth-order valence-electron chi connectivity index (χ4n) is 4.65. The van der Waals surface area contributed by atoms with E-state index in [0.29, 0.717) is 35.7 Å². The van der Waals surface area contributed by atoms with Crippen LogP contribution in [0.5, 0.6) is 0 Å². The number of halogens is 1. The van der Waals surface area contributed by atoms with Crippen LogP contribution >= 0.6 is 11.3 Å². The third-order valence-corrected chi connectivity index (χ3v) is 8.73. The molecule has 192 valence electrons. The molecular weight excluding hydrogens is 501 g/mol. The molecule has 8 nitrogen and oxygen atoms in total. The van der Waals surface area contributed by atoms with Gasteiger partial charge in [-0.2, -0.15) is 0 Å². The zero-order valence-electron chi connectivity index (χ0n) is 19.8. The standard InChI is InChI=1S/C25H26FN5O3S2.2H2/c1-17-16-29(19-6-8-20(9-7-19)36(33,34)28-25-27-11-15-35-25)13-14-30(17)24(32)18(2)31-12-10-21-22(26)4-3-5-23(21)31;;/h3-12,15,17-18H,13-14,16H2,1-2H3,(H,27,28);2*1H/t17-,18-;;/m1../s1. The van der Waals surface area contributed by atoms with Gasteiger partial charge in [0.25, 0.3) is 10.0 Å². The number of anilines is 2. The maximum Gasteiger partial charge on any atom is 0.263 e. The van der Waals surface area contributed by atoms with Gasteiger partial charge in [-0.25, -0.2) is 17.8 Å². The molecule has 0 bridgehead atoms. The molecule has 1 fully saturated rings. The number of aromatic nitrogens is 2. The largest absolute Gasteiger partial charge is 0.368 e. The van der Waals surface area contributed by atoms with Gasteiger partial charge in [0.05, 0.1) is 10.4 Å². The van der Waals surface area contributed by atoms with E-state index in [2.05, 4.69) is 14.6 Å². The van der Waals surface area contributed by atoms with Gasteiger partial charge in [0.1, 0.15) is 11.9 Å². The van der Waals surface area contributed by atoms with Gasteiger partial charge in [-0.05, 0) is 56.3 Å². The van der Waals surface area contributed by atoms with Gasteiger partial charge < -0.3 is 14.4 Å². The molecule has 1 aliphatic rings. The van der Waals surface area contributed by atoms with Gasteiger partial charge in [-0.15, -0.1) is 11.3 Å². The minimum atomic E-state index is -3.71. The summed E-state index contributed by atoms with van der Waals surface area (Å²) in [6.45, 7) is 5.60. The predicted molar refractivity (Wildman–Crippen MR) is 144 cm³/mol. The van der Waals surface area contributed by atoms with Gasteiger partial charge in [-0.3, -0.25) is 9.52 Å². The van der Waals surface area contributed by atoms with Crippen LogP contribution in [-0.2, 0) is 14.8 Å². The van der Waals surface area contributed by atoms with Crippen LogP contribution in [0.2, 0.25) is 0 Å². The van der Waals surface area contributed by atoms with Crippen LogP contribution in [0, 0.1) is 5.82 Å². The summed E-state index contributed by atoms with van der Waals surface area (Å²) in [6.07, 6.45) is 3.30. The lowest BCUT2D eigenvalue weighted by molar-refractivity contribution is -0.136. The van der Waals surface area contributed by atoms with Crippen molar-refractivity contribution in [3.8, 4) is 0 Å².